The number of nitrogens with zero attached hydrogens (tertiary/aromatic N) is 2. The molecule has 0 saturated carbocycles. The Hall–Kier alpha value is -2.98. The van der Waals surface area contributed by atoms with Crippen LogP contribution in [0.4, 0.5) is 5.95 Å². The molecule has 2 atom stereocenters. The number of thiol groups is 1. The Morgan fingerprint density at radius 2 is 2.06 bits per heavy atom. The maximum atomic E-state index is 12.5. The van der Waals surface area contributed by atoms with Crippen molar-refractivity contribution >= 4 is 45.1 Å². The Bertz CT molecular complexity index is 1270. The summed E-state index contributed by atoms with van der Waals surface area (Å²) in [5, 5.41) is 4.33. The van der Waals surface area contributed by atoms with Crippen molar-refractivity contribution in [1.29, 1.82) is 0 Å². The van der Waals surface area contributed by atoms with Gasteiger partial charge in [-0.3, -0.25) is 9.59 Å². The van der Waals surface area contributed by atoms with Gasteiger partial charge in [-0.1, -0.05) is 11.6 Å². The standard InChI is InChI=1S/C20H21ClN4O5S/c1-11(14-9-12-8-13(21)4-5-15(12)24-17(14)26)23-19-22-7-6-16(25-19)20(2,10-31(28)29)18(27)30-3/h4-9,11,31H,10H2,1-3H3,(H,24,26)(H,22,23,25)/t11-,20?/m0/s1. The van der Waals surface area contributed by atoms with Crippen LogP contribution in [0, 0.1) is 0 Å². The van der Waals surface area contributed by atoms with Crippen molar-refractivity contribution in [2.45, 2.75) is 25.3 Å². The van der Waals surface area contributed by atoms with E-state index in [-0.39, 0.29) is 17.2 Å². The highest BCUT2D eigenvalue weighted by molar-refractivity contribution is 7.72. The first-order valence-corrected chi connectivity index (χ1v) is 11.0. The van der Waals surface area contributed by atoms with Crippen molar-refractivity contribution in [1.82, 2.24) is 15.0 Å². The van der Waals surface area contributed by atoms with E-state index in [2.05, 4.69) is 20.3 Å². The Kier molecular flexibility index (Phi) is 6.61. The quantitative estimate of drug-likeness (QED) is 0.358. The minimum absolute atomic E-state index is 0.131. The summed E-state index contributed by atoms with van der Waals surface area (Å²) in [6, 6.07) is 7.84. The van der Waals surface area contributed by atoms with Gasteiger partial charge in [0.1, 0.15) is 16.1 Å². The van der Waals surface area contributed by atoms with Crippen molar-refractivity contribution < 1.29 is 17.9 Å². The molecule has 0 aliphatic rings. The number of aromatic amines is 1. The molecule has 2 aromatic heterocycles. The van der Waals surface area contributed by atoms with E-state index >= 15 is 0 Å². The fraction of sp³-hybridized carbons (Fsp3) is 0.300. The Morgan fingerprint density at radius 1 is 1.32 bits per heavy atom. The van der Waals surface area contributed by atoms with Crippen LogP contribution in [-0.2, 0) is 25.7 Å². The van der Waals surface area contributed by atoms with E-state index in [1.165, 1.54) is 26.3 Å². The molecule has 0 amide bonds. The Morgan fingerprint density at radius 3 is 2.74 bits per heavy atom. The van der Waals surface area contributed by atoms with Gasteiger partial charge in [0.05, 0.1) is 24.6 Å². The van der Waals surface area contributed by atoms with Crippen LogP contribution in [0.25, 0.3) is 10.9 Å². The number of ether oxygens (including phenoxy) is 1. The molecule has 31 heavy (non-hydrogen) atoms. The second-order valence-electron chi connectivity index (χ2n) is 7.23. The van der Waals surface area contributed by atoms with Gasteiger partial charge in [0.15, 0.2) is 0 Å². The molecule has 3 aromatic rings. The summed E-state index contributed by atoms with van der Waals surface area (Å²) in [5.74, 6) is -1.06. The van der Waals surface area contributed by atoms with E-state index in [4.69, 9.17) is 16.3 Å². The minimum Gasteiger partial charge on any atom is -0.468 e. The second-order valence-corrected chi connectivity index (χ2v) is 8.65. The number of hydrogen-bond donors (Lipinski definition) is 3. The first-order valence-electron chi connectivity index (χ1n) is 9.27. The van der Waals surface area contributed by atoms with Crippen molar-refractivity contribution in [2.75, 3.05) is 18.2 Å². The number of H-pyrrole nitrogens is 1. The van der Waals surface area contributed by atoms with Crippen molar-refractivity contribution in [3.63, 3.8) is 0 Å². The fourth-order valence-corrected chi connectivity index (χ4v) is 4.24. The SMILES string of the molecule is COC(=O)C(C)(C[SH](=O)=O)c1ccnc(N[C@@H](C)c2cc3cc(Cl)ccc3[nH]c2=O)n1. The normalized spacial score (nSPS) is 14.2. The smallest absolute Gasteiger partial charge is 0.318 e. The Labute approximate surface area is 184 Å². The molecule has 1 aromatic carbocycles. The maximum absolute atomic E-state index is 12.5. The van der Waals surface area contributed by atoms with Crippen LogP contribution in [-0.4, -0.2) is 42.2 Å². The summed E-state index contributed by atoms with van der Waals surface area (Å²) in [6.07, 6.45) is 1.40. The number of rotatable bonds is 7. The van der Waals surface area contributed by atoms with Gasteiger partial charge in [-0.15, -0.1) is 0 Å². The molecular weight excluding hydrogens is 444 g/mol. The molecule has 3 rings (SSSR count). The highest BCUT2D eigenvalue weighted by Gasteiger charge is 2.39. The third-order valence-corrected chi connectivity index (χ3v) is 6.08. The number of aromatic nitrogens is 3. The molecule has 0 bridgehead atoms. The molecular formula is C20H21ClN4O5S. The summed E-state index contributed by atoms with van der Waals surface area (Å²) in [5.41, 5.74) is -0.508. The molecule has 164 valence electrons. The van der Waals surface area contributed by atoms with E-state index in [9.17, 15) is 18.0 Å². The fourth-order valence-electron chi connectivity index (χ4n) is 3.26. The summed E-state index contributed by atoms with van der Waals surface area (Å²) in [6.45, 7) is 3.20. The van der Waals surface area contributed by atoms with Crippen molar-refractivity contribution in [3.05, 3.63) is 63.2 Å². The summed E-state index contributed by atoms with van der Waals surface area (Å²) < 4.78 is 27.5. The molecule has 0 aliphatic carbocycles. The maximum Gasteiger partial charge on any atom is 0.318 e. The number of halogens is 1. The van der Waals surface area contributed by atoms with E-state index in [1.807, 2.05) is 0 Å². The zero-order chi connectivity index (χ0) is 22.8. The third-order valence-electron chi connectivity index (χ3n) is 4.95. The van der Waals surface area contributed by atoms with E-state index in [0.29, 0.717) is 16.1 Å². The van der Waals surface area contributed by atoms with Crippen molar-refractivity contribution in [3.8, 4) is 0 Å². The van der Waals surface area contributed by atoms with Crippen LogP contribution in [0.5, 0.6) is 0 Å². The van der Waals surface area contributed by atoms with Crippen LogP contribution >= 0.6 is 11.6 Å². The average Bonchev–Trinajstić information content (AvgIpc) is 2.72. The number of carbonyl (C=O) groups excluding carboxylic acids is 1. The van der Waals surface area contributed by atoms with Crippen LogP contribution in [0.2, 0.25) is 5.02 Å². The number of anilines is 1. The molecule has 0 saturated heterocycles. The lowest BCUT2D eigenvalue weighted by molar-refractivity contribution is -0.146. The predicted molar refractivity (Wildman–Crippen MR) is 118 cm³/mol. The highest BCUT2D eigenvalue weighted by atomic mass is 35.5. The molecule has 1 unspecified atom stereocenters. The van der Waals surface area contributed by atoms with Crippen LogP contribution in [0.1, 0.15) is 31.1 Å². The monoisotopic (exact) mass is 464 g/mol. The van der Waals surface area contributed by atoms with Crippen LogP contribution in [0.15, 0.2) is 41.3 Å². The number of nitrogens with one attached hydrogen (secondary N) is 2. The molecule has 0 aliphatic heterocycles. The number of fused-ring (bicyclic) bond motifs is 1. The van der Waals surface area contributed by atoms with Gasteiger partial charge in [0.2, 0.25) is 5.95 Å². The van der Waals surface area contributed by atoms with Gasteiger partial charge >= 0.3 is 5.97 Å². The van der Waals surface area contributed by atoms with E-state index < -0.39 is 33.9 Å². The van der Waals surface area contributed by atoms with Crippen molar-refractivity contribution in [2.24, 2.45) is 0 Å². The number of pyridine rings is 1. The second kappa shape index (κ2) is 9.03. The largest absolute Gasteiger partial charge is 0.468 e. The van der Waals surface area contributed by atoms with Gasteiger partial charge in [-0.05, 0) is 44.2 Å². The molecule has 0 fully saturated rings. The molecule has 0 spiro atoms. The van der Waals surface area contributed by atoms with Crippen LogP contribution in [0.3, 0.4) is 0 Å². The topological polar surface area (TPSA) is 131 Å². The highest BCUT2D eigenvalue weighted by Crippen LogP contribution is 2.26. The van der Waals surface area contributed by atoms with E-state index in [0.717, 1.165) is 5.39 Å². The summed E-state index contributed by atoms with van der Waals surface area (Å²) in [4.78, 5) is 36.1. The number of methoxy groups -OCH3 is 1. The number of esters is 1. The number of hydrogen-bond acceptors (Lipinski definition) is 8. The molecule has 0 radical (unpaired) electrons. The molecule has 2 N–H and O–H groups in total. The molecule has 9 nitrogen and oxygen atoms in total. The average molecular weight is 465 g/mol. The Balaban J connectivity index is 1.95. The summed E-state index contributed by atoms with van der Waals surface area (Å²) in [7, 11) is -1.70. The van der Waals surface area contributed by atoms with E-state index in [1.54, 1.807) is 31.2 Å². The third kappa shape index (κ3) is 4.86. The van der Waals surface area contributed by atoms with Gasteiger partial charge in [-0.2, -0.15) is 0 Å². The lowest BCUT2D eigenvalue weighted by Crippen LogP contribution is -2.39. The van der Waals surface area contributed by atoms with Crippen LogP contribution < -0.4 is 10.9 Å². The first-order chi connectivity index (χ1) is 14.6. The van der Waals surface area contributed by atoms with Gasteiger partial charge in [0.25, 0.3) is 5.56 Å². The predicted octanol–water partition coefficient (Wildman–Crippen LogP) is 2.19. The zero-order valence-electron chi connectivity index (χ0n) is 17.0. The van der Waals surface area contributed by atoms with Gasteiger partial charge < -0.3 is 15.0 Å². The zero-order valence-corrected chi connectivity index (χ0v) is 18.7. The van der Waals surface area contributed by atoms with Gasteiger partial charge in [-0.25, -0.2) is 18.4 Å². The minimum atomic E-state index is -2.87. The summed E-state index contributed by atoms with van der Waals surface area (Å²) >= 11 is 6.05. The lowest BCUT2D eigenvalue weighted by atomic mass is 9.89. The number of carbonyl (C=O) groups is 1. The number of benzene rings is 1. The first kappa shape index (κ1) is 22.7. The molecule has 2 heterocycles. The molecule has 11 heteroatoms. The van der Waals surface area contributed by atoms with Gasteiger partial charge in [0, 0.05) is 27.7 Å². The lowest BCUT2D eigenvalue weighted by Gasteiger charge is -2.24.